The van der Waals surface area contributed by atoms with Gasteiger partial charge in [-0.05, 0) is 19.0 Å². The summed E-state index contributed by atoms with van der Waals surface area (Å²) in [6.45, 7) is 8.50. The van der Waals surface area contributed by atoms with E-state index in [-0.39, 0.29) is 0 Å². The third-order valence-electron chi connectivity index (χ3n) is 2.14. The summed E-state index contributed by atoms with van der Waals surface area (Å²) < 4.78 is 5.06. The van der Waals surface area contributed by atoms with Crippen molar-refractivity contribution < 1.29 is 4.74 Å². The van der Waals surface area contributed by atoms with E-state index < -0.39 is 0 Å². The van der Waals surface area contributed by atoms with Gasteiger partial charge in [0.1, 0.15) is 0 Å². The summed E-state index contributed by atoms with van der Waals surface area (Å²) >= 11 is 0. The minimum atomic E-state index is 0.899. The first-order valence-electron chi connectivity index (χ1n) is 4.25. The highest BCUT2D eigenvalue weighted by atomic mass is 16.5. The number of hydrogen-bond donors (Lipinski definition) is 1. The lowest BCUT2D eigenvalue weighted by molar-refractivity contribution is -0.0708. The molecule has 0 radical (unpaired) electrons. The van der Waals surface area contributed by atoms with Crippen LogP contribution >= 0.6 is 0 Å². The largest absolute Gasteiger partial charge is 0.381 e. The molecular weight excluding hydrogens is 126 g/mol. The molecule has 2 heteroatoms. The molecule has 60 valence electrons. The summed E-state index contributed by atoms with van der Waals surface area (Å²) in [5, 5.41) is 3.25. The van der Waals surface area contributed by atoms with Crippen molar-refractivity contribution in [1.82, 2.24) is 5.32 Å². The van der Waals surface area contributed by atoms with Crippen LogP contribution in [0, 0.1) is 11.8 Å². The highest BCUT2D eigenvalue weighted by Gasteiger charge is 2.31. The minimum Gasteiger partial charge on any atom is -0.381 e. The molecular formula is C8H17NO. The second-order valence-corrected chi connectivity index (χ2v) is 2.72. The SMILES string of the molecule is C1NCC1C1COC1.CC. The van der Waals surface area contributed by atoms with Crippen molar-refractivity contribution in [3.8, 4) is 0 Å². The molecule has 2 aliphatic heterocycles. The molecule has 2 saturated heterocycles. The molecule has 0 saturated carbocycles. The maximum Gasteiger partial charge on any atom is 0.0520 e. The van der Waals surface area contributed by atoms with E-state index >= 15 is 0 Å². The average Bonchev–Trinajstić information content (AvgIpc) is 1.79. The van der Waals surface area contributed by atoms with Gasteiger partial charge in [-0.2, -0.15) is 0 Å². The van der Waals surface area contributed by atoms with Gasteiger partial charge in [-0.1, -0.05) is 13.8 Å². The van der Waals surface area contributed by atoms with Gasteiger partial charge in [0, 0.05) is 5.92 Å². The van der Waals surface area contributed by atoms with Gasteiger partial charge >= 0.3 is 0 Å². The quantitative estimate of drug-likeness (QED) is 0.588. The van der Waals surface area contributed by atoms with E-state index in [1.54, 1.807) is 0 Å². The van der Waals surface area contributed by atoms with Gasteiger partial charge in [0.05, 0.1) is 13.2 Å². The van der Waals surface area contributed by atoms with Crippen molar-refractivity contribution in [3.05, 3.63) is 0 Å². The average molecular weight is 143 g/mol. The Bertz CT molecular complexity index is 75.3. The van der Waals surface area contributed by atoms with Crippen molar-refractivity contribution >= 4 is 0 Å². The van der Waals surface area contributed by atoms with Crippen LogP contribution in [0.25, 0.3) is 0 Å². The predicted molar refractivity (Wildman–Crippen MR) is 42.0 cm³/mol. The molecule has 1 N–H and O–H groups in total. The van der Waals surface area contributed by atoms with Crippen molar-refractivity contribution in [3.63, 3.8) is 0 Å². The van der Waals surface area contributed by atoms with Crippen molar-refractivity contribution in [2.75, 3.05) is 26.3 Å². The fourth-order valence-corrected chi connectivity index (χ4v) is 1.17. The third-order valence-corrected chi connectivity index (χ3v) is 2.14. The zero-order valence-corrected chi connectivity index (χ0v) is 6.89. The van der Waals surface area contributed by atoms with Gasteiger partial charge in [0.25, 0.3) is 0 Å². The second kappa shape index (κ2) is 3.94. The Morgan fingerprint density at radius 3 is 1.80 bits per heavy atom. The highest BCUT2D eigenvalue weighted by Crippen LogP contribution is 2.23. The molecule has 0 spiro atoms. The molecule has 0 bridgehead atoms. The molecule has 0 aromatic rings. The maximum absolute atomic E-state index is 5.06. The Balaban J connectivity index is 0.000000231. The fraction of sp³-hybridized carbons (Fsp3) is 1.00. The predicted octanol–water partition coefficient (Wildman–Crippen LogP) is 0.878. The van der Waals surface area contributed by atoms with Crippen molar-refractivity contribution in [1.29, 1.82) is 0 Å². The van der Waals surface area contributed by atoms with Crippen LogP contribution in [-0.2, 0) is 4.74 Å². The molecule has 0 aromatic heterocycles. The third kappa shape index (κ3) is 1.50. The summed E-state index contributed by atoms with van der Waals surface area (Å²) in [6, 6.07) is 0. The second-order valence-electron chi connectivity index (χ2n) is 2.72. The van der Waals surface area contributed by atoms with Gasteiger partial charge in [-0.3, -0.25) is 0 Å². The highest BCUT2D eigenvalue weighted by molar-refractivity contribution is 4.84. The molecule has 0 aromatic carbocycles. The van der Waals surface area contributed by atoms with E-state index in [0.29, 0.717) is 0 Å². The monoisotopic (exact) mass is 143 g/mol. The molecule has 0 aliphatic carbocycles. The Kier molecular flexibility index (Phi) is 3.16. The Morgan fingerprint density at radius 1 is 1.10 bits per heavy atom. The van der Waals surface area contributed by atoms with Crippen molar-refractivity contribution in [2.45, 2.75) is 13.8 Å². The van der Waals surface area contributed by atoms with Gasteiger partial charge in [-0.15, -0.1) is 0 Å². The van der Waals surface area contributed by atoms with Crippen LogP contribution in [0.3, 0.4) is 0 Å². The Morgan fingerprint density at radius 2 is 1.70 bits per heavy atom. The zero-order chi connectivity index (χ0) is 7.40. The van der Waals surface area contributed by atoms with E-state index in [2.05, 4.69) is 5.32 Å². The van der Waals surface area contributed by atoms with Gasteiger partial charge in [-0.25, -0.2) is 0 Å². The lowest BCUT2D eigenvalue weighted by atomic mass is 9.86. The maximum atomic E-state index is 5.06. The van der Waals surface area contributed by atoms with Gasteiger partial charge in [0.2, 0.25) is 0 Å². The topological polar surface area (TPSA) is 21.3 Å². The van der Waals surface area contributed by atoms with E-state index in [0.717, 1.165) is 25.0 Å². The van der Waals surface area contributed by atoms with Gasteiger partial charge < -0.3 is 10.1 Å². The molecule has 0 atom stereocenters. The van der Waals surface area contributed by atoms with Crippen LogP contribution in [0.15, 0.2) is 0 Å². The van der Waals surface area contributed by atoms with Gasteiger partial charge in [0.15, 0.2) is 0 Å². The first kappa shape index (κ1) is 8.02. The molecule has 0 unspecified atom stereocenters. The first-order chi connectivity index (χ1) is 4.97. The van der Waals surface area contributed by atoms with Crippen molar-refractivity contribution in [2.24, 2.45) is 11.8 Å². The van der Waals surface area contributed by atoms with E-state index in [1.165, 1.54) is 13.1 Å². The van der Waals surface area contributed by atoms with Crippen LogP contribution in [0.5, 0.6) is 0 Å². The smallest absolute Gasteiger partial charge is 0.0520 e. The number of ether oxygens (including phenoxy) is 1. The molecule has 2 nitrogen and oxygen atoms in total. The van der Waals surface area contributed by atoms with Crippen LogP contribution in [0.2, 0.25) is 0 Å². The molecule has 2 heterocycles. The summed E-state index contributed by atoms with van der Waals surface area (Å²) in [5.41, 5.74) is 0. The first-order valence-corrected chi connectivity index (χ1v) is 4.25. The van der Waals surface area contributed by atoms with E-state index in [1.807, 2.05) is 13.8 Å². The zero-order valence-electron chi connectivity index (χ0n) is 6.89. The summed E-state index contributed by atoms with van der Waals surface area (Å²) in [5.74, 6) is 1.85. The molecule has 10 heavy (non-hydrogen) atoms. The molecule has 0 amide bonds. The minimum absolute atomic E-state index is 0.899. The number of rotatable bonds is 1. The summed E-state index contributed by atoms with van der Waals surface area (Å²) in [4.78, 5) is 0. The number of hydrogen-bond acceptors (Lipinski definition) is 2. The summed E-state index contributed by atoms with van der Waals surface area (Å²) in [7, 11) is 0. The Labute approximate surface area is 63.0 Å². The van der Waals surface area contributed by atoms with Crippen LogP contribution in [0.4, 0.5) is 0 Å². The fourth-order valence-electron chi connectivity index (χ4n) is 1.17. The lowest BCUT2D eigenvalue weighted by Gasteiger charge is -2.39. The number of nitrogens with one attached hydrogen (secondary N) is 1. The molecule has 2 aliphatic rings. The van der Waals surface area contributed by atoms with E-state index in [9.17, 15) is 0 Å². The van der Waals surface area contributed by atoms with Crippen LogP contribution in [0.1, 0.15) is 13.8 Å². The Hall–Kier alpha value is -0.0800. The molecule has 2 rings (SSSR count). The standard InChI is InChI=1S/C6H11NO.C2H6/c1-5(2-7-1)6-3-8-4-6;1-2/h5-7H,1-4H2;1-2H3. The lowest BCUT2D eigenvalue weighted by Crippen LogP contribution is -2.51. The summed E-state index contributed by atoms with van der Waals surface area (Å²) in [6.07, 6.45) is 0. The van der Waals surface area contributed by atoms with Crippen LogP contribution in [-0.4, -0.2) is 26.3 Å². The van der Waals surface area contributed by atoms with E-state index in [4.69, 9.17) is 4.74 Å². The molecule has 2 fully saturated rings. The van der Waals surface area contributed by atoms with Crippen LogP contribution < -0.4 is 5.32 Å². The normalized spacial score (nSPS) is 25.8.